The monoisotopic (exact) mass is 488 g/mol. The molecule has 0 aliphatic carbocycles. The molecule has 2 aromatic heterocycles. The lowest BCUT2D eigenvalue weighted by atomic mass is 10.1. The molecule has 32 heavy (non-hydrogen) atoms. The summed E-state index contributed by atoms with van der Waals surface area (Å²) in [5.74, 6) is -0.700. The average Bonchev–Trinajstić information content (AvgIpc) is 3.26. The highest BCUT2D eigenvalue weighted by Crippen LogP contribution is 2.29. The highest BCUT2D eigenvalue weighted by atomic mass is 35.5. The molecule has 170 valence electrons. The number of aromatic nitrogens is 4. The first-order valence-electron chi connectivity index (χ1n) is 9.18. The zero-order chi connectivity index (χ0) is 22.0. The van der Waals surface area contributed by atoms with Crippen LogP contribution in [0.25, 0.3) is 5.82 Å². The lowest BCUT2D eigenvalue weighted by Crippen LogP contribution is -2.33. The van der Waals surface area contributed by atoms with Gasteiger partial charge in [-0.05, 0) is 17.7 Å². The van der Waals surface area contributed by atoms with Crippen LogP contribution in [-0.2, 0) is 10.9 Å². The highest BCUT2D eigenvalue weighted by Gasteiger charge is 2.33. The maximum atomic E-state index is 12.8. The van der Waals surface area contributed by atoms with Crippen molar-refractivity contribution < 1.29 is 22.7 Å². The summed E-state index contributed by atoms with van der Waals surface area (Å²) in [6.07, 6.45) is -0.576. The maximum absolute atomic E-state index is 12.8. The summed E-state index contributed by atoms with van der Waals surface area (Å²) in [6.45, 7) is 2.05. The minimum absolute atomic E-state index is 0. The maximum Gasteiger partial charge on any atom is 0.434 e. The molecule has 8 nitrogen and oxygen atoms in total. The van der Waals surface area contributed by atoms with Gasteiger partial charge in [-0.2, -0.15) is 18.3 Å². The van der Waals surface area contributed by atoms with Crippen molar-refractivity contribution in [3.8, 4) is 5.82 Å². The Bertz CT molecular complexity index is 1100. The molecule has 4 rings (SSSR count). The van der Waals surface area contributed by atoms with E-state index in [1.54, 1.807) is 18.2 Å². The zero-order valence-corrected chi connectivity index (χ0v) is 17.8. The average molecular weight is 489 g/mol. The molecule has 3 aromatic rings. The lowest BCUT2D eigenvalue weighted by molar-refractivity contribution is -0.141. The van der Waals surface area contributed by atoms with Gasteiger partial charge in [0.15, 0.2) is 11.5 Å². The van der Waals surface area contributed by atoms with E-state index in [-0.39, 0.29) is 29.9 Å². The molecule has 1 atom stereocenters. The third-order valence-electron chi connectivity index (χ3n) is 4.53. The Labute approximate surface area is 191 Å². The molecule has 0 bridgehead atoms. The molecule has 3 heterocycles. The predicted molar refractivity (Wildman–Crippen MR) is 112 cm³/mol. The standard InChI is InChI=1S/C19H16ClF3N6O2.ClH/c20-13-5-11(15-7-24-3-4-31-15)1-2-14(13)27-18(30)12-6-26-29(10-12)17-9-25-8-16(28-17)19(21,22)23;/h1-2,5-6,8-10,15,24H,3-4,7H2,(H,27,30);1H. The van der Waals surface area contributed by atoms with E-state index in [0.29, 0.717) is 30.1 Å². The molecule has 2 N–H and O–H groups in total. The van der Waals surface area contributed by atoms with Crippen LogP contribution >= 0.6 is 24.0 Å². The molecule has 0 spiro atoms. The van der Waals surface area contributed by atoms with Crippen LogP contribution in [0.15, 0.2) is 43.0 Å². The molecule has 1 aromatic carbocycles. The summed E-state index contributed by atoms with van der Waals surface area (Å²) >= 11 is 6.31. The van der Waals surface area contributed by atoms with Crippen molar-refractivity contribution in [3.05, 3.63) is 64.8 Å². The van der Waals surface area contributed by atoms with Crippen LogP contribution in [0.3, 0.4) is 0 Å². The van der Waals surface area contributed by atoms with Gasteiger partial charge in [-0.1, -0.05) is 17.7 Å². The minimum Gasteiger partial charge on any atom is -0.371 e. The number of anilines is 1. The van der Waals surface area contributed by atoms with Crippen molar-refractivity contribution in [1.82, 2.24) is 25.1 Å². The second-order valence-corrected chi connectivity index (χ2v) is 7.10. The van der Waals surface area contributed by atoms with Crippen molar-refractivity contribution >= 4 is 35.6 Å². The van der Waals surface area contributed by atoms with Crippen LogP contribution in [0.5, 0.6) is 0 Å². The Morgan fingerprint density at radius 1 is 1.28 bits per heavy atom. The van der Waals surface area contributed by atoms with Gasteiger partial charge < -0.3 is 15.4 Å². The minimum atomic E-state index is -4.64. The number of carbonyl (C=O) groups is 1. The Morgan fingerprint density at radius 2 is 2.09 bits per heavy atom. The van der Waals surface area contributed by atoms with Crippen molar-refractivity contribution in [3.63, 3.8) is 0 Å². The lowest BCUT2D eigenvalue weighted by Gasteiger charge is -2.24. The van der Waals surface area contributed by atoms with Crippen molar-refractivity contribution in [2.75, 3.05) is 25.0 Å². The molecule has 1 saturated heterocycles. The van der Waals surface area contributed by atoms with Crippen LogP contribution in [0.1, 0.15) is 27.7 Å². The van der Waals surface area contributed by atoms with Gasteiger partial charge in [0.05, 0.1) is 47.6 Å². The molecular weight excluding hydrogens is 472 g/mol. The number of hydrogen-bond acceptors (Lipinski definition) is 6. The number of halogens is 5. The van der Waals surface area contributed by atoms with Gasteiger partial charge in [0, 0.05) is 19.3 Å². The SMILES string of the molecule is Cl.O=C(Nc1ccc(C2CNCCO2)cc1Cl)c1cnn(-c2cncc(C(F)(F)F)n2)c1. The van der Waals surface area contributed by atoms with E-state index in [2.05, 4.69) is 25.7 Å². The fourth-order valence-corrected chi connectivity index (χ4v) is 3.21. The summed E-state index contributed by atoms with van der Waals surface area (Å²) < 4.78 is 45.2. The molecule has 1 aliphatic rings. The molecular formula is C19H17Cl2F3N6O2. The van der Waals surface area contributed by atoms with E-state index in [9.17, 15) is 18.0 Å². The number of benzene rings is 1. The van der Waals surface area contributed by atoms with Gasteiger partial charge in [-0.3, -0.25) is 9.78 Å². The highest BCUT2D eigenvalue weighted by molar-refractivity contribution is 6.34. The summed E-state index contributed by atoms with van der Waals surface area (Å²) in [5.41, 5.74) is 0.214. The van der Waals surface area contributed by atoms with Gasteiger partial charge in [-0.25, -0.2) is 9.67 Å². The Hall–Kier alpha value is -2.73. The van der Waals surface area contributed by atoms with E-state index in [4.69, 9.17) is 16.3 Å². The van der Waals surface area contributed by atoms with E-state index >= 15 is 0 Å². The van der Waals surface area contributed by atoms with E-state index in [1.165, 1.54) is 12.4 Å². The number of nitrogens with zero attached hydrogens (tertiary/aromatic N) is 4. The number of alkyl halides is 3. The third-order valence-corrected chi connectivity index (χ3v) is 4.85. The van der Waals surface area contributed by atoms with Crippen LogP contribution in [0.4, 0.5) is 18.9 Å². The molecule has 1 fully saturated rings. The Morgan fingerprint density at radius 3 is 2.78 bits per heavy atom. The van der Waals surface area contributed by atoms with Crippen molar-refractivity contribution in [1.29, 1.82) is 0 Å². The van der Waals surface area contributed by atoms with Gasteiger partial charge in [0.1, 0.15) is 0 Å². The first-order chi connectivity index (χ1) is 14.8. The van der Waals surface area contributed by atoms with Crippen molar-refractivity contribution in [2.24, 2.45) is 0 Å². The summed E-state index contributed by atoms with van der Waals surface area (Å²) in [7, 11) is 0. The Kier molecular flexibility index (Phi) is 7.34. The zero-order valence-electron chi connectivity index (χ0n) is 16.3. The third kappa shape index (κ3) is 5.36. The van der Waals surface area contributed by atoms with E-state index in [1.807, 2.05) is 0 Å². The van der Waals surface area contributed by atoms with Crippen LogP contribution in [-0.4, -0.2) is 45.4 Å². The number of nitrogens with one attached hydrogen (secondary N) is 2. The topological polar surface area (TPSA) is 94.0 Å². The fourth-order valence-electron chi connectivity index (χ4n) is 2.97. The molecule has 1 aliphatic heterocycles. The normalized spacial score (nSPS) is 16.3. The van der Waals surface area contributed by atoms with E-state index < -0.39 is 17.8 Å². The second-order valence-electron chi connectivity index (χ2n) is 6.69. The van der Waals surface area contributed by atoms with Gasteiger partial charge in [0.2, 0.25) is 0 Å². The fraction of sp³-hybridized carbons (Fsp3) is 0.263. The van der Waals surface area contributed by atoms with Crippen LogP contribution in [0.2, 0.25) is 5.02 Å². The molecule has 13 heteroatoms. The largest absolute Gasteiger partial charge is 0.434 e. The summed E-state index contributed by atoms with van der Waals surface area (Å²) in [4.78, 5) is 19.6. The van der Waals surface area contributed by atoms with Gasteiger partial charge in [0.25, 0.3) is 5.91 Å². The smallest absolute Gasteiger partial charge is 0.371 e. The summed E-state index contributed by atoms with van der Waals surface area (Å²) in [5, 5.41) is 10.1. The molecule has 0 radical (unpaired) electrons. The number of morpholine rings is 1. The molecule has 1 unspecified atom stereocenters. The first kappa shape index (κ1) is 23.9. The number of hydrogen-bond donors (Lipinski definition) is 2. The number of ether oxygens (including phenoxy) is 1. The second kappa shape index (κ2) is 9.82. The molecule has 0 saturated carbocycles. The number of carbonyl (C=O) groups excluding carboxylic acids is 1. The van der Waals surface area contributed by atoms with Crippen LogP contribution in [0, 0.1) is 0 Å². The number of rotatable bonds is 4. The van der Waals surface area contributed by atoms with Gasteiger partial charge >= 0.3 is 6.18 Å². The van der Waals surface area contributed by atoms with Crippen molar-refractivity contribution in [2.45, 2.75) is 12.3 Å². The Balaban J connectivity index is 0.00000289. The quantitative estimate of drug-likeness (QED) is 0.581. The van der Waals surface area contributed by atoms with Gasteiger partial charge in [-0.15, -0.1) is 12.4 Å². The molecule has 1 amide bonds. The predicted octanol–water partition coefficient (Wildman–Crippen LogP) is 3.67. The number of amides is 1. The van der Waals surface area contributed by atoms with Crippen LogP contribution < -0.4 is 10.6 Å². The summed E-state index contributed by atoms with van der Waals surface area (Å²) in [6, 6.07) is 5.19. The first-order valence-corrected chi connectivity index (χ1v) is 9.56. The van der Waals surface area contributed by atoms with E-state index in [0.717, 1.165) is 23.0 Å².